The van der Waals surface area contributed by atoms with Gasteiger partial charge in [0.1, 0.15) is 12.2 Å². The number of hydrogen-bond acceptors (Lipinski definition) is 6. The standard InChI is InChI=1S/C11H21NO5/c1-2-17-10(13)7-15-6-4-12-8-11(14)3-5-16-9-11/h12,14H,2-9H2,1H3. The average Bonchev–Trinajstić information content (AvgIpc) is 2.71. The van der Waals surface area contributed by atoms with E-state index in [0.717, 1.165) is 0 Å². The molecular weight excluding hydrogens is 226 g/mol. The quantitative estimate of drug-likeness (QED) is 0.436. The van der Waals surface area contributed by atoms with Crippen molar-refractivity contribution in [1.29, 1.82) is 0 Å². The lowest BCUT2D eigenvalue weighted by Crippen LogP contribution is -2.42. The van der Waals surface area contributed by atoms with E-state index in [0.29, 0.717) is 45.9 Å². The zero-order chi connectivity index (χ0) is 12.6. The zero-order valence-corrected chi connectivity index (χ0v) is 10.2. The molecule has 0 spiro atoms. The Hall–Kier alpha value is -0.690. The number of carbonyl (C=O) groups is 1. The molecule has 1 aliphatic rings. The van der Waals surface area contributed by atoms with Gasteiger partial charge >= 0.3 is 5.97 Å². The second kappa shape index (κ2) is 7.60. The summed E-state index contributed by atoms with van der Waals surface area (Å²) in [7, 11) is 0. The highest BCUT2D eigenvalue weighted by atomic mass is 16.6. The van der Waals surface area contributed by atoms with Crippen molar-refractivity contribution in [2.75, 3.05) is 46.1 Å². The number of aliphatic hydroxyl groups is 1. The summed E-state index contributed by atoms with van der Waals surface area (Å²) in [6.07, 6.45) is 0.656. The first-order chi connectivity index (χ1) is 8.16. The molecule has 0 saturated carbocycles. The number of nitrogens with one attached hydrogen (secondary N) is 1. The molecule has 1 atom stereocenters. The van der Waals surface area contributed by atoms with Gasteiger partial charge in [0.25, 0.3) is 0 Å². The summed E-state index contributed by atoms with van der Waals surface area (Å²) in [5, 5.41) is 13.0. The van der Waals surface area contributed by atoms with Gasteiger partial charge in [-0.15, -0.1) is 0 Å². The molecule has 2 N–H and O–H groups in total. The van der Waals surface area contributed by atoms with E-state index in [1.54, 1.807) is 6.92 Å². The van der Waals surface area contributed by atoms with Gasteiger partial charge in [-0.3, -0.25) is 0 Å². The van der Waals surface area contributed by atoms with Crippen LogP contribution in [-0.2, 0) is 19.0 Å². The molecule has 1 saturated heterocycles. The molecule has 0 bridgehead atoms. The van der Waals surface area contributed by atoms with Crippen LogP contribution in [0.2, 0.25) is 0 Å². The van der Waals surface area contributed by atoms with Gasteiger partial charge in [-0.05, 0) is 6.92 Å². The summed E-state index contributed by atoms with van der Waals surface area (Å²) in [6, 6.07) is 0. The van der Waals surface area contributed by atoms with Crippen LogP contribution in [0.5, 0.6) is 0 Å². The van der Waals surface area contributed by atoms with Crippen molar-refractivity contribution in [2.24, 2.45) is 0 Å². The molecule has 0 aromatic carbocycles. The van der Waals surface area contributed by atoms with E-state index in [1.165, 1.54) is 0 Å². The monoisotopic (exact) mass is 247 g/mol. The predicted octanol–water partition coefficient (Wildman–Crippen LogP) is -0.693. The highest BCUT2D eigenvalue weighted by Gasteiger charge is 2.31. The van der Waals surface area contributed by atoms with Crippen LogP contribution in [0.4, 0.5) is 0 Å². The van der Waals surface area contributed by atoms with Gasteiger partial charge in [0.05, 0.1) is 19.8 Å². The summed E-state index contributed by atoms with van der Waals surface area (Å²) in [5.74, 6) is -0.352. The van der Waals surface area contributed by atoms with Gasteiger partial charge in [0.2, 0.25) is 0 Å². The molecule has 100 valence electrons. The molecule has 17 heavy (non-hydrogen) atoms. The molecule has 1 fully saturated rings. The van der Waals surface area contributed by atoms with Crippen molar-refractivity contribution >= 4 is 5.97 Å². The van der Waals surface area contributed by atoms with Crippen molar-refractivity contribution < 1.29 is 24.1 Å². The Bertz CT molecular complexity index is 228. The molecule has 0 aliphatic carbocycles. The topological polar surface area (TPSA) is 77.0 Å². The van der Waals surface area contributed by atoms with E-state index >= 15 is 0 Å². The summed E-state index contributed by atoms with van der Waals surface area (Å²) in [5.41, 5.74) is -0.749. The van der Waals surface area contributed by atoms with Gasteiger partial charge in [-0.25, -0.2) is 4.79 Å². The van der Waals surface area contributed by atoms with Crippen LogP contribution >= 0.6 is 0 Å². The third-order valence-electron chi connectivity index (χ3n) is 2.48. The van der Waals surface area contributed by atoms with Gasteiger partial charge in [-0.1, -0.05) is 0 Å². The number of esters is 1. The largest absolute Gasteiger partial charge is 0.464 e. The third-order valence-corrected chi connectivity index (χ3v) is 2.48. The molecule has 1 heterocycles. The molecular formula is C11H21NO5. The van der Waals surface area contributed by atoms with Crippen LogP contribution in [0.3, 0.4) is 0 Å². The van der Waals surface area contributed by atoms with Gasteiger partial charge in [-0.2, -0.15) is 0 Å². The number of carbonyl (C=O) groups excluding carboxylic acids is 1. The summed E-state index contributed by atoms with van der Waals surface area (Å²) in [6.45, 7) is 4.56. The minimum atomic E-state index is -0.749. The fraction of sp³-hybridized carbons (Fsp3) is 0.909. The Balaban J connectivity index is 1.92. The van der Waals surface area contributed by atoms with Crippen LogP contribution < -0.4 is 5.32 Å². The minimum absolute atomic E-state index is 0.0249. The zero-order valence-electron chi connectivity index (χ0n) is 10.2. The molecule has 0 aromatic rings. The van der Waals surface area contributed by atoms with Crippen LogP contribution in [0.25, 0.3) is 0 Å². The minimum Gasteiger partial charge on any atom is -0.464 e. The number of rotatable bonds is 8. The second-order valence-corrected chi connectivity index (χ2v) is 4.06. The Morgan fingerprint density at radius 3 is 3.06 bits per heavy atom. The first kappa shape index (κ1) is 14.4. The summed E-state index contributed by atoms with van der Waals surface area (Å²) < 4.78 is 14.9. The van der Waals surface area contributed by atoms with Crippen molar-refractivity contribution in [2.45, 2.75) is 18.9 Å². The first-order valence-corrected chi connectivity index (χ1v) is 5.90. The van der Waals surface area contributed by atoms with Crippen LogP contribution in [0, 0.1) is 0 Å². The van der Waals surface area contributed by atoms with Crippen LogP contribution in [0.1, 0.15) is 13.3 Å². The lowest BCUT2D eigenvalue weighted by Gasteiger charge is -2.20. The van der Waals surface area contributed by atoms with E-state index in [4.69, 9.17) is 14.2 Å². The van der Waals surface area contributed by atoms with Crippen molar-refractivity contribution in [3.8, 4) is 0 Å². The highest BCUT2D eigenvalue weighted by molar-refractivity contribution is 5.70. The smallest absolute Gasteiger partial charge is 0.332 e. The number of ether oxygens (including phenoxy) is 3. The maximum absolute atomic E-state index is 10.9. The van der Waals surface area contributed by atoms with Crippen LogP contribution in [0.15, 0.2) is 0 Å². The first-order valence-electron chi connectivity index (χ1n) is 5.90. The van der Waals surface area contributed by atoms with Crippen molar-refractivity contribution in [1.82, 2.24) is 5.32 Å². The molecule has 0 radical (unpaired) electrons. The lowest BCUT2D eigenvalue weighted by atomic mass is 10.0. The lowest BCUT2D eigenvalue weighted by molar-refractivity contribution is -0.148. The van der Waals surface area contributed by atoms with Crippen molar-refractivity contribution in [3.63, 3.8) is 0 Å². The fourth-order valence-electron chi connectivity index (χ4n) is 1.56. The van der Waals surface area contributed by atoms with E-state index in [2.05, 4.69) is 5.32 Å². The molecule has 0 amide bonds. The second-order valence-electron chi connectivity index (χ2n) is 4.06. The maximum Gasteiger partial charge on any atom is 0.332 e. The molecule has 1 rings (SSSR count). The van der Waals surface area contributed by atoms with E-state index in [9.17, 15) is 9.90 Å². The molecule has 0 aromatic heterocycles. The van der Waals surface area contributed by atoms with Gasteiger partial charge in [0, 0.05) is 26.1 Å². The summed E-state index contributed by atoms with van der Waals surface area (Å²) in [4.78, 5) is 10.9. The Morgan fingerprint density at radius 2 is 2.41 bits per heavy atom. The van der Waals surface area contributed by atoms with E-state index < -0.39 is 5.60 Å². The number of hydrogen-bond donors (Lipinski definition) is 2. The van der Waals surface area contributed by atoms with Crippen molar-refractivity contribution in [3.05, 3.63) is 0 Å². The van der Waals surface area contributed by atoms with E-state index in [-0.39, 0.29) is 12.6 Å². The third kappa shape index (κ3) is 5.97. The maximum atomic E-state index is 10.9. The molecule has 1 aliphatic heterocycles. The SMILES string of the molecule is CCOC(=O)COCCNCC1(O)CCOC1. The predicted molar refractivity (Wildman–Crippen MR) is 60.7 cm³/mol. The molecule has 6 heteroatoms. The Labute approximate surface area is 101 Å². The summed E-state index contributed by atoms with van der Waals surface area (Å²) >= 11 is 0. The Morgan fingerprint density at radius 1 is 1.59 bits per heavy atom. The van der Waals surface area contributed by atoms with Crippen LogP contribution in [-0.4, -0.2) is 62.8 Å². The normalized spacial score (nSPS) is 23.9. The van der Waals surface area contributed by atoms with Gasteiger partial charge in [0.15, 0.2) is 0 Å². The Kier molecular flexibility index (Phi) is 6.43. The fourth-order valence-corrected chi connectivity index (χ4v) is 1.56. The molecule has 6 nitrogen and oxygen atoms in total. The van der Waals surface area contributed by atoms with E-state index in [1.807, 2.05) is 0 Å². The molecule has 1 unspecified atom stereocenters. The van der Waals surface area contributed by atoms with Gasteiger partial charge < -0.3 is 24.6 Å². The highest BCUT2D eigenvalue weighted by Crippen LogP contribution is 2.16. The average molecular weight is 247 g/mol.